The van der Waals surface area contributed by atoms with E-state index in [0.29, 0.717) is 5.71 Å². The normalized spacial score (nSPS) is 12.1. The molecule has 0 atom stereocenters. The molecule has 3 aromatic heterocycles. The molecule has 0 N–H and O–H groups in total. The maximum absolute atomic E-state index is 6.29. The number of para-hydroxylation sites is 1. The van der Waals surface area contributed by atoms with Crippen molar-refractivity contribution in [3.8, 4) is 22.4 Å². The average Bonchev–Trinajstić information content (AvgIpc) is 3.20. The molecule has 0 radical (unpaired) electrons. The molecule has 4 heteroatoms. The maximum Gasteiger partial charge on any atom is 0.227 e. The number of benzene rings is 3. The van der Waals surface area contributed by atoms with Crippen molar-refractivity contribution in [1.82, 2.24) is 9.97 Å². The zero-order chi connectivity index (χ0) is 23.4. The Morgan fingerprint density at radius 1 is 0.676 bits per heavy atom. The second-order valence-corrected chi connectivity index (χ2v) is 15.1. The van der Waals surface area contributed by atoms with Crippen molar-refractivity contribution in [2.75, 3.05) is 0 Å². The number of pyridine rings is 2. The van der Waals surface area contributed by atoms with E-state index in [0.717, 1.165) is 38.8 Å². The van der Waals surface area contributed by atoms with Crippen LogP contribution in [0.25, 0.3) is 55.4 Å². The standard InChI is InChI=1S/C30H26N2OSi/c1-19-13-15-23-22-11-8-12-24(29(22)33-30(23)31-19)28-18-25(20-9-6-5-7-10-20)26-17-21(34(2,3)4)14-16-27(26)32-28/h5-18H,1-4H3. The van der Waals surface area contributed by atoms with E-state index < -0.39 is 8.07 Å². The second kappa shape index (κ2) is 7.64. The van der Waals surface area contributed by atoms with Gasteiger partial charge in [0.2, 0.25) is 5.71 Å². The molecule has 3 aromatic carbocycles. The molecule has 0 spiro atoms. The van der Waals surface area contributed by atoms with Gasteiger partial charge in [-0.3, -0.25) is 0 Å². The lowest BCUT2D eigenvalue weighted by Gasteiger charge is -2.18. The highest BCUT2D eigenvalue weighted by atomic mass is 28.3. The third-order valence-electron chi connectivity index (χ3n) is 6.54. The van der Waals surface area contributed by atoms with E-state index in [-0.39, 0.29) is 0 Å². The minimum atomic E-state index is -1.46. The summed E-state index contributed by atoms with van der Waals surface area (Å²) in [7, 11) is -1.46. The smallest absolute Gasteiger partial charge is 0.227 e. The second-order valence-electron chi connectivity index (χ2n) is 9.99. The van der Waals surface area contributed by atoms with Crippen LogP contribution in [0.4, 0.5) is 0 Å². The topological polar surface area (TPSA) is 38.9 Å². The molecule has 0 unspecified atom stereocenters. The quantitative estimate of drug-likeness (QED) is 0.255. The van der Waals surface area contributed by atoms with Crippen molar-refractivity contribution >= 4 is 46.2 Å². The first-order valence-electron chi connectivity index (χ1n) is 11.7. The van der Waals surface area contributed by atoms with Crippen molar-refractivity contribution in [2.24, 2.45) is 0 Å². The fraction of sp³-hybridized carbons (Fsp3) is 0.133. The van der Waals surface area contributed by atoms with Crippen LogP contribution in [-0.4, -0.2) is 18.0 Å². The molecule has 34 heavy (non-hydrogen) atoms. The zero-order valence-electron chi connectivity index (χ0n) is 19.9. The highest BCUT2D eigenvalue weighted by Crippen LogP contribution is 2.37. The van der Waals surface area contributed by atoms with Gasteiger partial charge in [-0.25, -0.2) is 9.97 Å². The summed E-state index contributed by atoms with van der Waals surface area (Å²) in [6, 6.07) is 30.0. The summed E-state index contributed by atoms with van der Waals surface area (Å²) in [5.74, 6) is 0. The van der Waals surface area contributed by atoms with Crippen molar-refractivity contribution in [2.45, 2.75) is 26.6 Å². The minimum absolute atomic E-state index is 0.672. The third-order valence-corrected chi connectivity index (χ3v) is 8.58. The Morgan fingerprint density at radius 2 is 1.50 bits per heavy atom. The Labute approximate surface area is 200 Å². The van der Waals surface area contributed by atoms with Crippen molar-refractivity contribution in [3.63, 3.8) is 0 Å². The van der Waals surface area contributed by atoms with Crippen LogP contribution in [-0.2, 0) is 0 Å². The number of hydrogen-bond acceptors (Lipinski definition) is 3. The van der Waals surface area contributed by atoms with E-state index >= 15 is 0 Å². The van der Waals surface area contributed by atoms with Crippen LogP contribution in [0.1, 0.15) is 5.69 Å². The van der Waals surface area contributed by atoms with E-state index in [9.17, 15) is 0 Å². The zero-order valence-corrected chi connectivity index (χ0v) is 20.9. The first-order valence-corrected chi connectivity index (χ1v) is 15.2. The van der Waals surface area contributed by atoms with Crippen LogP contribution < -0.4 is 5.19 Å². The van der Waals surface area contributed by atoms with Crippen molar-refractivity contribution < 1.29 is 4.42 Å². The molecule has 3 nitrogen and oxygen atoms in total. The van der Waals surface area contributed by atoms with Crippen LogP contribution >= 0.6 is 0 Å². The molecule has 6 aromatic rings. The van der Waals surface area contributed by atoms with Gasteiger partial charge in [0.25, 0.3) is 0 Å². The van der Waals surface area contributed by atoms with Gasteiger partial charge < -0.3 is 4.42 Å². The Hall–Kier alpha value is -3.76. The summed E-state index contributed by atoms with van der Waals surface area (Å²) in [6.07, 6.45) is 0. The number of nitrogens with zero attached hydrogens (tertiary/aromatic N) is 2. The number of aryl methyl sites for hydroxylation is 1. The summed E-state index contributed by atoms with van der Waals surface area (Å²) in [6.45, 7) is 9.14. The monoisotopic (exact) mass is 458 g/mol. The molecule has 0 amide bonds. The molecule has 166 valence electrons. The van der Waals surface area contributed by atoms with Gasteiger partial charge in [0, 0.05) is 27.4 Å². The maximum atomic E-state index is 6.29. The van der Waals surface area contributed by atoms with Crippen LogP contribution in [0, 0.1) is 6.92 Å². The summed E-state index contributed by atoms with van der Waals surface area (Å²) in [4.78, 5) is 9.74. The number of hydrogen-bond donors (Lipinski definition) is 0. The van der Waals surface area contributed by atoms with E-state index in [1.54, 1.807) is 0 Å². The Balaban J connectivity index is 1.66. The van der Waals surface area contributed by atoms with Gasteiger partial charge in [-0.15, -0.1) is 0 Å². The van der Waals surface area contributed by atoms with Gasteiger partial charge in [0.1, 0.15) is 5.58 Å². The molecule has 3 heterocycles. The van der Waals surface area contributed by atoms with Crippen LogP contribution in [0.3, 0.4) is 0 Å². The molecule has 0 aliphatic carbocycles. The van der Waals surface area contributed by atoms with Gasteiger partial charge in [-0.05, 0) is 48.4 Å². The molecular formula is C30H26N2OSi. The fourth-order valence-corrected chi connectivity index (χ4v) is 5.82. The summed E-state index contributed by atoms with van der Waals surface area (Å²) in [5.41, 5.74) is 7.74. The minimum Gasteiger partial charge on any atom is -0.437 e. The first-order chi connectivity index (χ1) is 16.4. The number of furan rings is 1. The fourth-order valence-electron chi connectivity index (χ4n) is 4.66. The molecule has 0 saturated carbocycles. The molecule has 0 fully saturated rings. The number of aromatic nitrogens is 2. The van der Waals surface area contributed by atoms with E-state index in [2.05, 4.69) is 103 Å². The van der Waals surface area contributed by atoms with Gasteiger partial charge >= 0.3 is 0 Å². The van der Waals surface area contributed by atoms with Gasteiger partial charge in [0.05, 0.1) is 19.3 Å². The van der Waals surface area contributed by atoms with Crippen molar-refractivity contribution in [1.29, 1.82) is 0 Å². The SMILES string of the molecule is Cc1ccc2c(n1)oc1c(-c3cc(-c4ccccc4)c4cc([Si](C)(C)C)ccc4n3)cccc12. The van der Waals surface area contributed by atoms with Gasteiger partial charge in [0.15, 0.2) is 0 Å². The van der Waals surface area contributed by atoms with Gasteiger partial charge in [-0.1, -0.05) is 79.4 Å². The van der Waals surface area contributed by atoms with E-state index in [1.165, 1.54) is 21.7 Å². The summed E-state index contributed by atoms with van der Waals surface area (Å²) in [5, 5.41) is 4.74. The summed E-state index contributed by atoms with van der Waals surface area (Å²) < 4.78 is 6.29. The molecule has 0 aliphatic rings. The lowest BCUT2D eigenvalue weighted by molar-refractivity contribution is 0.653. The number of rotatable bonds is 3. The lowest BCUT2D eigenvalue weighted by Crippen LogP contribution is -2.37. The molecule has 0 saturated heterocycles. The molecule has 6 rings (SSSR count). The van der Waals surface area contributed by atoms with Gasteiger partial charge in [-0.2, -0.15) is 0 Å². The number of fused-ring (bicyclic) bond motifs is 4. The average molecular weight is 459 g/mol. The predicted octanol–water partition coefficient (Wildman–Crippen LogP) is 7.72. The third kappa shape index (κ3) is 3.42. The van der Waals surface area contributed by atoms with E-state index in [1.807, 2.05) is 13.0 Å². The summed E-state index contributed by atoms with van der Waals surface area (Å²) >= 11 is 0. The highest BCUT2D eigenvalue weighted by molar-refractivity contribution is 6.88. The molecule has 0 aliphatic heterocycles. The first kappa shape index (κ1) is 20.8. The molecular weight excluding hydrogens is 432 g/mol. The lowest BCUT2D eigenvalue weighted by atomic mass is 9.97. The largest absolute Gasteiger partial charge is 0.437 e. The van der Waals surface area contributed by atoms with Crippen LogP contribution in [0.5, 0.6) is 0 Å². The van der Waals surface area contributed by atoms with Crippen LogP contribution in [0.2, 0.25) is 19.6 Å². The van der Waals surface area contributed by atoms with E-state index in [4.69, 9.17) is 9.40 Å². The highest BCUT2D eigenvalue weighted by Gasteiger charge is 2.20. The van der Waals surface area contributed by atoms with Crippen molar-refractivity contribution in [3.05, 3.63) is 90.6 Å². The predicted molar refractivity (Wildman–Crippen MR) is 145 cm³/mol. The Morgan fingerprint density at radius 3 is 2.29 bits per heavy atom. The Bertz CT molecular complexity index is 1690. The van der Waals surface area contributed by atoms with Crippen LogP contribution in [0.15, 0.2) is 89.3 Å². The molecule has 0 bridgehead atoms. The Kier molecular flexibility index (Phi) is 4.68.